The predicted octanol–water partition coefficient (Wildman–Crippen LogP) is 4.52. The van der Waals surface area contributed by atoms with Crippen molar-refractivity contribution in [3.63, 3.8) is 0 Å². The van der Waals surface area contributed by atoms with E-state index in [1.807, 2.05) is 0 Å². The van der Waals surface area contributed by atoms with Gasteiger partial charge in [-0.3, -0.25) is 0 Å². The van der Waals surface area contributed by atoms with E-state index in [1.54, 1.807) is 24.3 Å². The average molecular weight is 307 g/mol. The molecule has 0 aliphatic rings. The number of benzene rings is 2. The summed E-state index contributed by atoms with van der Waals surface area (Å²) >= 11 is 6.14. The molecule has 3 nitrogen and oxygen atoms in total. The van der Waals surface area contributed by atoms with Crippen LogP contribution in [0.2, 0.25) is 5.02 Å². The van der Waals surface area contributed by atoms with Crippen LogP contribution in [0.3, 0.4) is 0 Å². The summed E-state index contributed by atoms with van der Waals surface area (Å²) in [6, 6.07) is 10.4. The highest BCUT2D eigenvalue weighted by molar-refractivity contribution is 6.33. The lowest BCUT2D eigenvalue weighted by Crippen LogP contribution is -1.90. The molecule has 2 N–H and O–H groups in total. The van der Waals surface area contributed by atoms with Crippen molar-refractivity contribution in [3.8, 4) is 22.4 Å². The lowest BCUT2D eigenvalue weighted by molar-refractivity contribution is 0.439. The highest BCUT2D eigenvalue weighted by atomic mass is 35.5. The third-order valence-electron chi connectivity index (χ3n) is 3.05. The van der Waals surface area contributed by atoms with Gasteiger partial charge in [0.25, 0.3) is 0 Å². The van der Waals surface area contributed by atoms with E-state index in [0.717, 1.165) is 12.1 Å². The number of hydrogen-bond donors (Lipinski definition) is 1. The third kappa shape index (κ3) is 2.36. The van der Waals surface area contributed by atoms with Gasteiger partial charge in [-0.25, -0.2) is 8.78 Å². The number of nitrogens with two attached hydrogens (primary N) is 1. The number of anilines is 1. The van der Waals surface area contributed by atoms with Crippen molar-refractivity contribution < 1.29 is 13.3 Å². The smallest absolute Gasteiger partial charge is 0.230 e. The Morgan fingerprint density at radius 2 is 1.81 bits per heavy atom. The molecule has 1 heterocycles. The van der Waals surface area contributed by atoms with Crippen molar-refractivity contribution in [2.24, 2.45) is 0 Å². The van der Waals surface area contributed by atoms with Gasteiger partial charge < -0.3 is 10.3 Å². The van der Waals surface area contributed by atoms with Gasteiger partial charge in [-0.05, 0) is 24.3 Å². The second kappa shape index (κ2) is 5.18. The maximum Gasteiger partial charge on any atom is 0.230 e. The Morgan fingerprint density at radius 1 is 1.05 bits per heavy atom. The first-order valence-corrected chi connectivity index (χ1v) is 6.41. The predicted molar refractivity (Wildman–Crippen MR) is 76.7 cm³/mol. The number of aromatic nitrogens is 1. The summed E-state index contributed by atoms with van der Waals surface area (Å²) in [5, 5.41) is 4.28. The van der Waals surface area contributed by atoms with Gasteiger partial charge in [0.05, 0.1) is 5.56 Å². The molecular formula is C15H9ClF2N2O. The van der Waals surface area contributed by atoms with Crippen LogP contribution in [0.15, 0.2) is 47.0 Å². The van der Waals surface area contributed by atoms with Crippen LogP contribution in [0.4, 0.5) is 14.7 Å². The second-order valence-electron chi connectivity index (χ2n) is 4.38. The van der Waals surface area contributed by atoms with Crippen LogP contribution >= 0.6 is 11.6 Å². The van der Waals surface area contributed by atoms with Crippen LogP contribution in [0, 0.1) is 11.6 Å². The minimum absolute atomic E-state index is 0.0582. The molecule has 3 rings (SSSR count). The van der Waals surface area contributed by atoms with Gasteiger partial charge in [0.15, 0.2) is 11.6 Å². The van der Waals surface area contributed by atoms with Crippen LogP contribution in [-0.4, -0.2) is 5.16 Å². The molecule has 21 heavy (non-hydrogen) atoms. The Balaban J connectivity index is 2.22. The molecule has 3 aromatic rings. The summed E-state index contributed by atoms with van der Waals surface area (Å²) < 4.78 is 31.4. The average Bonchev–Trinajstić information content (AvgIpc) is 2.84. The standard InChI is InChI=1S/C15H9ClF2N2O/c16-10-4-2-1-3-9(10)13-14(20-21-15(13)19)8-5-6-11(17)12(18)7-8/h1-7H,19H2. The molecule has 0 amide bonds. The highest BCUT2D eigenvalue weighted by Gasteiger charge is 2.20. The first kappa shape index (κ1) is 13.6. The fourth-order valence-electron chi connectivity index (χ4n) is 2.07. The molecule has 0 atom stereocenters. The molecule has 0 aliphatic carbocycles. The summed E-state index contributed by atoms with van der Waals surface area (Å²) in [6.07, 6.45) is 0. The molecule has 0 fully saturated rings. The molecule has 0 aliphatic heterocycles. The number of nitrogen functional groups attached to an aromatic ring is 1. The van der Waals surface area contributed by atoms with E-state index in [0.29, 0.717) is 27.4 Å². The Morgan fingerprint density at radius 3 is 2.52 bits per heavy atom. The van der Waals surface area contributed by atoms with Crippen molar-refractivity contribution in [2.75, 3.05) is 5.73 Å². The van der Waals surface area contributed by atoms with Crippen LogP contribution in [-0.2, 0) is 0 Å². The first-order chi connectivity index (χ1) is 10.1. The van der Waals surface area contributed by atoms with E-state index in [4.69, 9.17) is 21.9 Å². The van der Waals surface area contributed by atoms with Gasteiger partial charge in [0, 0.05) is 16.1 Å². The maximum atomic E-state index is 13.4. The Kier molecular flexibility index (Phi) is 3.35. The molecule has 0 saturated carbocycles. The van der Waals surface area contributed by atoms with Crippen LogP contribution in [0.1, 0.15) is 0 Å². The summed E-state index contributed by atoms with van der Waals surface area (Å²) in [4.78, 5) is 0. The molecule has 0 radical (unpaired) electrons. The van der Waals surface area contributed by atoms with Gasteiger partial charge in [0.2, 0.25) is 5.88 Å². The van der Waals surface area contributed by atoms with E-state index in [-0.39, 0.29) is 5.88 Å². The summed E-state index contributed by atoms with van der Waals surface area (Å²) in [5.41, 5.74) is 7.51. The lowest BCUT2D eigenvalue weighted by atomic mass is 10.0. The van der Waals surface area contributed by atoms with E-state index in [2.05, 4.69) is 5.16 Å². The van der Waals surface area contributed by atoms with Crippen molar-refractivity contribution in [1.82, 2.24) is 5.16 Å². The van der Waals surface area contributed by atoms with Crippen molar-refractivity contribution in [3.05, 3.63) is 59.1 Å². The molecule has 0 bridgehead atoms. The number of rotatable bonds is 2. The highest BCUT2D eigenvalue weighted by Crippen LogP contribution is 2.39. The normalized spacial score (nSPS) is 10.8. The maximum absolute atomic E-state index is 13.4. The zero-order chi connectivity index (χ0) is 15.0. The zero-order valence-electron chi connectivity index (χ0n) is 10.6. The van der Waals surface area contributed by atoms with Crippen LogP contribution < -0.4 is 5.73 Å². The second-order valence-corrected chi connectivity index (χ2v) is 4.79. The number of nitrogens with zero attached hydrogens (tertiary/aromatic N) is 1. The molecule has 1 aromatic heterocycles. The molecule has 6 heteroatoms. The monoisotopic (exact) mass is 306 g/mol. The largest absolute Gasteiger partial charge is 0.367 e. The van der Waals surface area contributed by atoms with Gasteiger partial charge >= 0.3 is 0 Å². The molecule has 106 valence electrons. The summed E-state index contributed by atoms with van der Waals surface area (Å²) in [7, 11) is 0. The fraction of sp³-hybridized carbons (Fsp3) is 0. The Bertz CT molecular complexity index is 817. The van der Waals surface area contributed by atoms with E-state index < -0.39 is 11.6 Å². The molecule has 0 unspecified atom stereocenters. The quantitative estimate of drug-likeness (QED) is 0.757. The van der Waals surface area contributed by atoms with E-state index in [1.165, 1.54) is 6.07 Å². The Hall–Kier alpha value is -2.40. The van der Waals surface area contributed by atoms with E-state index in [9.17, 15) is 8.78 Å². The third-order valence-corrected chi connectivity index (χ3v) is 3.38. The fourth-order valence-corrected chi connectivity index (χ4v) is 2.30. The topological polar surface area (TPSA) is 52.0 Å². The Labute approximate surface area is 123 Å². The number of halogens is 3. The SMILES string of the molecule is Nc1onc(-c2ccc(F)c(F)c2)c1-c1ccccc1Cl. The van der Waals surface area contributed by atoms with Gasteiger partial charge in [-0.15, -0.1) is 0 Å². The minimum atomic E-state index is -0.973. The van der Waals surface area contributed by atoms with Crippen molar-refractivity contribution in [1.29, 1.82) is 0 Å². The summed E-state index contributed by atoms with van der Waals surface area (Å²) in [6.45, 7) is 0. The first-order valence-electron chi connectivity index (χ1n) is 6.03. The zero-order valence-corrected chi connectivity index (χ0v) is 11.4. The summed E-state index contributed by atoms with van der Waals surface area (Å²) in [5.74, 6) is -1.85. The lowest BCUT2D eigenvalue weighted by Gasteiger charge is -2.05. The van der Waals surface area contributed by atoms with Crippen LogP contribution in [0.5, 0.6) is 0 Å². The van der Waals surface area contributed by atoms with Gasteiger partial charge in [-0.1, -0.05) is 35.0 Å². The van der Waals surface area contributed by atoms with Gasteiger partial charge in [-0.2, -0.15) is 0 Å². The number of hydrogen-bond acceptors (Lipinski definition) is 3. The van der Waals surface area contributed by atoms with Crippen molar-refractivity contribution >= 4 is 17.5 Å². The molecule has 0 spiro atoms. The van der Waals surface area contributed by atoms with Crippen LogP contribution in [0.25, 0.3) is 22.4 Å². The molecular weight excluding hydrogens is 298 g/mol. The van der Waals surface area contributed by atoms with Crippen molar-refractivity contribution in [2.45, 2.75) is 0 Å². The molecule has 2 aromatic carbocycles. The molecule has 0 saturated heterocycles. The van der Waals surface area contributed by atoms with Gasteiger partial charge in [0.1, 0.15) is 5.69 Å². The minimum Gasteiger partial charge on any atom is -0.367 e. The van der Waals surface area contributed by atoms with E-state index >= 15 is 0 Å².